The van der Waals surface area contributed by atoms with E-state index in [-0.39, 0.29) is 54.7 Å². The molecule has 196 valence electrons. The van der Waals surface area contributed by atoms with E-state index in [1.807, 2.05) is 11.8 Å². The number of amides is 1. The second-order valence-corrected chi connectivity index (χ2v) is 8.92. The lowest BCUT2D eigenvalue weighted by Crippen LogP contribution is -2.54. The van der Waals surface area contributed by atoms with Gasteiger partial charge >= 0.3 is 5.97 Å². The van der Waals surface area contributed by atoms with Gasteiger partial charge in [-0.3, -0.25) is 14.5 Å². The van der Waals surface area contributed by atoms with E-state index >= 15 is 8.78 Å². The lowest BCUT2D eigenvalue weighted by molar-refractivity contribution is -0.117. The molecule has 2 N–H and O–H groups in total. The Morgan fingerprint density at radius 3 is 2.49 bits per heavy atom. The number of aromatic carboxylic acids is 1. The van der Waals surface area contributed by atoms with Gasteiger partial charge in [0.25, 0.3) is 0 Å². The van der Waals surface area contributed by atoms with Crippen molar-refractivity contribution in [1.82, 2.24) is 9.47 Å². The van der Waals surface area contributed by atoms with Crippen molar-refractivity contribution < 1.29 is 28.2 Å². The number of carbonyl (C=O) groups is 2. The third-order valence-electron chi connectivity index (χ3n) is 6.60. The minimum atomic E-state index is -1.46. The van der Waals surface area contributed by atoms with Gasteiger partial charge in [0.1, 0.15) is 22.8 Å². The van der Waals surface area contributed by atoms with Crippen LogP contribution in [-0.2, 0) is 11.3 Å². The number of carboxylic acids is 1. The second-order valence-electron chi connectivity index (χ2n) is 8.92. The minimum Gasteiger partial charge on any atom is -0.497 e. The molecule has 1 saturated heterocycles. The SMILES string of the molecule is CCn1cc(C(=O)O)c(=O)c2cc(F)c(N3CCN(CC(=O)Nc4ccc(OC)cc4)C(C)C3)c(F)c21. The summed E-state index contributed by atoms with van der Waals surface area (Å²) < 4.78 is 37.3. The van der Waals surface area contributed by atoms with Gasteiger partial charge in [0, 0.05) is 44.1 Å². The summed E-state index contributed by atoms with van der Waals surface area (Å²) >= 11 is 0. The quantitative estimate of drug-likeness (QED) is 0.499. The number of ether oxygens (including phenoxy) is 1. The van der Waals surface area contributed by atoms with Gasteiger partial charge in [-0.15, -0.1) is 0 Å². The summed E-state index contributed by atoms with van der Waals surface area (Å²) in [5, 5.41) is 11.8. The monoisotopic (exact) mass is 514 g/mol. The summed E-state index contributed by atoms with van der Waals surface area (Å²) in [6.07, 6.45) is 1.08. The van der Waals surface area contributed by atoms with Crippen molar-refractivity contribution in [2.24, 2.45) is 0 Å². The minimum absolute atomic E-state index is 0.108. The normalized spacial score (nSPS) is 16.1. The van der Waals surface area contributed by atoms with Crippen molar-refractivity contribution in [3.05, 3.63) is 63.9 Å². The highest BCUT2D eigenvalue weighted by Crippen LogP contribution is 2.31. The fraction of sp³-hybridized carbons (Fsp3) is 0.346. The zero-order valence-corrected chi connectivity index (χ0v) is 20.8. The van der Waals surface area contributed by atoms with Crippen LogP contribution in [0.1, 0.15) is 24.2 Å². The molecule has 0 bridgehead atoms. The van der Waals surface area contributed by atoms with E-state index < -0.39 is 28.6 Å². The molecule has 1 unspecified atom stereocenters. The van der Waals surface area contributed by atoms with Crippen molar-refractivity contribution >= 4 is 34.2 Å². The van der Waals surface area contributed by atoms with Gasteiger partial charge in [-0.1, -0.05) is 0 Å². The number of rotatable bonds is 7. The fourth-order valence-electron chi connectivity index (χ4n) is 4.66. The summed E-state index contributed by atoms with van der Waals surface area (Å²) in [7, 11) is 1.56. The van der Waals surface area contributed by atoms with E-state index in [1.54, 1.807) is 43.2 Å². The number of nitrogens with one attached hydrogen (secondary N) is 1. The van der Waals surface area contributed by atoms with Gasteiger partial charge < -0.3 is 24.6 Å². The maximum atomic E-state index is 15.7. The number of benzene rings is 2. The molecule has 1 fully saturated rings. The predicted octanol–water partition coefficient (Wildman–Crippen LogP) is 3.16. The molecule has 2 heterocycles. The van der Waals surface area contributed by atoms with E-state index in [4.69, 9.17) is 4.74 Å². The summed E-state index contributed by atoms with van der Waals surface area (Å²) in [5.41, 5.74) is -1.26. The first kappa shape index (κ1) is 26.1. The van der Waals surface area contributed by atoms with Gasteiger partial charge in [0.15, 0.2) is 5.82 Å². The van der Waals surface area contributed by atoms with Crippen molar-refractivity contribution in [2.45, 2.75) is 26.4 Å². The molecule has 1 atom stereocenters. The Hall–Kier alpha value is -3.99. The van der Waals surface area contributed by atoms with Crippen molar-refractivity contribution in [1.29, 1.82) is 0 Å². The number of fused-ring (bicyclic) bond motifs is 1. The molecule has 11 heteroatoms. The van der Waals surface area contributed by atoms with Crippen molar-refractivity contribution in [3.8, 4) is 5.75 Å². The molecule has 37 heavy (non-hydrogen) atoms. The topological polar surface area (TPSA) is 104 Å². The molecule has 3 aromatic rings. The number of hydrogen-bond donors (Lipinski definition) is 2. The number of carbonyl (C=O) groups excluding carboxylic acids is 1. The highest BCUT2D eigenvalue weighted by Gasteiger charge is 2.30. The van der Waals surface area contributed by atoms with Crippen LogP contribution in [0.4, 0.5) is 20.2 Å². The number of pyridine rings is 1. The second kappa shape index (κ2) is 10.6. The highest BCUT2D eigenvalue weighted by atomic mass is 19.1. The number of aryl methyl sites for hydroxylation is 1. The molecule has 4 rings (SSSR count). The van der Waals surface area contributed by atoms with Gasteiger partial charge in [0.05, 0.1) is 24.6 Å². The number of piperazine rings is 1. The summed E-state index contributed by atoms with van der Waals surface area (Å²) in [6, 6.07) is 7.66. The maximum Gasteiger partial charge on any atom is 0.341 e. The Labute approximate surface area is 211 Å². The van der Waals surface area contributed by atoms with Crippen LogP contribution in [0.15, 0.2) is 41.3 Å². The molecule has 0 radical (unpaired) electrons. The molecule has 1 aliphatic heterocycles. The maximum absolute atomic E-state index is 15.7. The molecule has 2 aromatic carbocycles. The van der Waals surface area contributed by atoms with Crippen LogP contribution in [-0.4, -0.2) is 65.8 Å². The first-order valence-electron chi connectivity index (χ1n) is 11.9. The fourth-order valence-corrected chi connectivity index (χ4v) is 4.66. The average Bonchev–Trinajstić information content (AvgIpc) is 2.86. The van der Waals surface area contributed by atoms with Crippen LogP contribution in [0.5, 0.6) is 5.75 Å². The van der Waals surface area contributed by atoms with Crippen LogP contribution in [0, 0.1) is 11.6 Å². The van der Waals surface area contributed by atoms with Crippen LogP contribution >= 0.6 is 0 Å². The molecule has 9 nitrogen and oxygen atoms in total. The van der Waals surface area contributed by atoms with E-state index in [1.165, 1.54) is 4.57 Å². The van der Waals surface area contributed by atoms with Crippen molar-refractivity contribution in [2.75, 3.05) is 43.5 Å². The highest BCUT2D eigenvalue weighted by molar-refractivity contribution is 5.94. The third kappa shape index (κ3) is 5.12. The molecule has 0 aliphatic carbocycles. The van der Waals surface area contributed by atoms with E-state index in [0.29, 0.717) is 18.0 Å². The largest absolute Gasteiger partial charge is 0.497 e. The molecular weight excluding hydrogens is 486 g/mol. The lowest BCUT2D eigenvalue weighted by Gasteiger charge is -2.40. The molecule has 1 aromatic heterocycles. The van der Waals surface area contributed by atoms with E-state index in [2.05, 4.69) is 5.32 Å². The first-order chi connectivity index (χ1) is 17.6. The Morgan fingerprint density at radius 1 is 1.19 bits per heavy atom. The van der Waals surface area contributed by atoms with E-state index in [9.17, 15) is 19.5 Å². The Bertz CT molecular complexity index is 1410. The van der Waals surface area contributed by atoms with Gasteiger partial charge in [-0.2, -0.15) is 0 Å². The Kier molecular flexibility index (Phi) is 7.44. The molecule has 1 amide bonds. The van der Waals surface area contributed by atoms with Crippen LogP contribution in [0.2, 0.25) is 0 Å². The Morgan fingerprint density at radius 2 is 1.89 bits per heavy atom. The average molecular weight is 515 g/mol. The summed E-state index contributed by atoms with van der Waals surface area (Å²) in [6.45, 7) is 4.72. The zero-order chi connectivity index (χ0) is 26.9. The molecule has 0 saturated carbocycles. The first-order valence-corrected chi connectivity index (χ1v) is 11.9. The number of halogens is 2. The summed E-state index contributed by atoms with van der Waals surface area (Å²) in [5.74, 6) is -2.85. The summed E-state index contributed by atoms with van der Waals surface area (Å²) in [4.78, 5) is 40.1. The van der Waals surface area contributed by atoms with Gasteiger partial charge in [0.2, 0.25) is 11.3 Å². The number of hydrogen-bond acceptors (Lipinski definition) is 6. The predicted molar refractivity (Wildman–Crippen MR) is 136 cm³/mol. The number of nitrogens with zero attached hydrogens (tertiary/aromatic N) is 3. The number of methoxy groups -OCH3 is 1. The zero-order valence-electron chi connectivity index (χ0n) is 20.8. The number of aromatic nitrogens is 1. The molecular formula is C26H28F2N4O5. The Balaban J connectivity index is 1.54. The van der Waals surface area contributed by atoms with Gasteiger partial charge in [-0.25, -0.2) is 13.6 Å². The number of carboxylic acid groups (broad SMARTS) is 1. The smallest absolute Gasteiger partial charge is 0.341 e. The van der Waals surface area contributed by atoms with Crippen molar-refractivity contribution in [3.63, 3.8) is 0 Å². The van der Waals surface area contributed by atoms with E-state index in [0.717, 1.165) is 12.3 Å². The molecule has 0 spiro atoms. The lowest BCUT2D eigenvalue weighted by atomic mass is 10.1. The van der Waals surface area contributed by atoms with Crippen LogP contribution in [0.25, 0.3) is 10.9 Å². The third-order valence-corrected chi connectivity index (χ3v) is 6.60. The standard InChI is InChI=1S/C26H28F2N4O5/c1-4-30-13-19(26(35)36)25(34)18-11-20(27)24(22(28)23(18)30)32-10-9-31(15(2)12-32)14-21(33)29-16-5-7-17(37-3)8-6-16/h5-8,11,13,15H,4,9-10,12,14H2,1-3H3,(H,29,33)(H,35,36). The number of anilines is 2. The molecule has 1 aliphatic rings. The van der Waals surface area contributed by atoms with Crippen LogP contribution in [0.3, 0.4) is 0 Å². The van der Waals surface area contributed by atoms with Crippen LogP contribution < -0.4 is 20.4 Å². The van der Waals surface area contributed by atoms with Gasteiger partial charge in [-0.05, 0) is 44.2 Å².